The maximum absolute atomic E-state index is 12.5. The standard InChI is InChI=1S/C20H18BrN3O3/c21-13-5-6-19-15(11-13)16(8-10-27-19)23-20(26)7-9-24-17-4-2-1-3-14(17)18(25)12-22-24/h1-6,11-12,16H,7-10H2,(H,23,26). The summed E-state index contributed by atoms with van der Waals surface area (Å²) in [6.45, 7) is 0.979. The van der Waals surface area contributed by atoms with Gasteiger partial charge in [0.05, 0.1) is 30.9 Å². The van der Waals surface area contributed by atoms with Gasteiger partial charge in [0.1, 0.15) is 5.75 Å². The Labute approximate surface area is 164 Å². The summed E-state index contributed by atoms with van der Waals surface area (Å²) in [4.78, 5) is 24.4. The third-order valence-corrected chi connectivity index (χ3v) is 5.15. The van der Waals surface area contributed by atoms with Crippen molar-refractivity contribution in [1.29, 1.82) is 0 Å². The number of nitrogens with one attached hydrogen (secondary N) is 1. The van der Waals surface area contributed by atoms with Gasteiger partial charge in [-0.15, -0.1) is 0 Å². The Morgan fingerprint density at radius 3 is 3.04 bits per heavy atom. The van der Waals surface area contributed by atoms with Gasteiger partial charge in [-0.1, -0.05) is 28.1 Å². The first-order valence-corrected chi connectivity index (χ1v) is 9.57. The number of ether oxygens (including phenoxy) is 1. The molecule has 2 heterocycles. The minimum absolute atomic E-state index is 0.0580. The number of hydrogen-bond donors (Lipinski definition) is 1. The smallest absolute Gasteiger partial charge is 0.222 e. The molecule has 0 saturated heterocycles. The second-order valence-corrected chi connectivity index (χ2v) is 7.35. The van der Waals surface area contributed by atoms with Crippen LogP contribution in [0.5, 0.6) is 5.75 Å². The number of carbonyl (C=O) groups excluding carboxylic acids is 1. The minimum Gasteiger partial charge on any atom is -0.493 e. The lowest BCUT2D eigenvalue weighted by molar-refractivity contribution is -0.122. The Hall–Kier alpha value is -2.67. The van der Waals surface area contributed by atoms with E-state index in [2.05, 4.69) is 26.3 Å². The highest BCUT2D eigenvalue weighted by Crippen LogP contribution is 2.34. The van der Waals surface area contributed by atoms with E-state index in [1.54, 1.807) is 10.7 Å². The van der Waals surface area contributed by atoms with Gasteiger partial charge in [-0.3, -0.25) is 14.3 Å². The molecule has 4 rings (SSSR count). The molecule has 27 heavy (non-hydrogen) atoms. The van der Waals surface area contributed by atoms with Gasteiger partial charge in [0.25, 0.3) is 0 Å². The first-order valence-electron chi connectivity index (χ1n) is 8.78. The van der Waals surface area contributed by atoms with Gasteiger partial charge in [0.2, 0.25) is 11.3 Å². The molecule has 0 bridgehead atoms. The Morgan fingerprint density at radius 2 is 2.15 bits per heavy atom. The highest BCUT2D eigenvalue weighted by molar-refractivity contribution is 9.10. The summed E-state index contributed by atoms with van der Waals surface area (Å²) in [5.41, 5.74) is 1.60. The van der Waals surface area contributed by atoms with E-state index < -0.39 is 0 Å². The fourth-order valence-electron chi connectivity index (χ4n) is 3.33. The van der Waals surface area contributed by atoms with E-state index in [1.807, 2.05) is 36.4 Å². The molecule has 1 aliphatic heterocycles. The zero-order valence-corrected chi connectivity index (χ0v) is 16.1. The van der Waals surface area contributed by atoms with Crippen LogP contribution in [0.15, 0.2) is 57.9 Å². The number of amides is 1. The average molecular weight is 428 g/mol. The van der Waals surface area contributed by atoms with Crippen molar-refractivity contribution in [1.82, 2.24) is 15.1 Å². The molecular formula is C20H18BrN3O3. The van der Waals surface area contributed by atoms with Crippen LogP contribution in [0.25, 0.3) is 10.9 Å². The zero-order valence-electron chi connectivity index (χ0n) is 14.5. The largest absolute Gasteiger partial charge is 0.493 e. The fraction of sp³-hybridized carbons (Fsp3) is 0.250. The van der Waals surface area contributed by atoms with Crippen LogP contribution in [0, 0.1) is 0 Å². The molecule has 3 aromatic rings. The van der Waals surface area contributed by atoms with E-state index in [0.29, 0.717) is 18.5 Å². The molecule has 138 valence electrons. The Kier molecular flexibility index (Phi) is 4.94. The summed E-state index contributed by atoms with van der Waals surface area (Å²) in [5.74, 6) is 0.750. The molecule has 1 amide bonds. The SMILES string of the molecule is O=C(CCn1ncc(=O)c2ccccc21)NC1CCOc2ccc(Br)cc21. The van der Waals surface area contributed by atoms with Crippen LogP contribution in [0.4, 0.5) is 0 Å². The maximum Gasteiger partial charge on any atom is 0.222 e. The van der Waals surface area contributed by atoms with E-state index in [9.17, 15) is 9.59 Å². The summed E-state index contributed by atoms with van der Waals surface area (Å²) in [5, 5.41) is 7.87. The lowest BCUT2D eigenvalue weighted by Crippen LogP contribution is -2.32. The molecule has 0 fully saturated rings. The Balaban J connectivity index is 1.47. The van der Waals surface area contributed by atoms with E-state index in [-0.39, 0.29) is 23.8 Å². The normalized spacial score (nSPS) is 15.8. The van der Waals surface area contributed by atoms with Crippen molar-refractivity contribution in [2.45, 2.75) is 25.4 Å². The third kappa shape index (κ3) is 3.73. The quantitative estimate of drug-likeness (QED) is 0.693. The Bertz CT molecular complexity index is 1060. The molecule has 1 N–H and O–H groups in total. The van der Waals surface area contributed by atoms with Crippen molar-refractivity contribution < 1.29 is 9.53 Å². The van der Waals surface area contributed by atoms with E-state index in [4.69, 9.17) is 4.74 Å². The molecular weight excluding hydrogens is 410 g/mol. The zero-order chi connectivity index (χ0) is 18.8. The summed E-state index contributed by atoms with van der Waals surface area (Å²) in [6, 6.07) is 13.0. The van der Waals surface area contributed by atoms with Crippen LogP contribution >= 0.6 is 15.9 Å². The molecule has 1 aromatic heterocycles. The summed E-state index contributed by atoms with van der Waals surface area (Å²) in [6.07, 6.45) is 2.31. The highest BCUT2D eigenvalue weighted by atomic mass is 79.9. The highest BCUT2D eigenvalue weighted by Gasteiger charge is 2.23. The molecule has 0 saturated carbocycles. The monoisotopic (exact) mass is 427 g/mol. The van der Waals surface area contributed by atoms with Crippen LogP contribution < -0.4 is 15.5 Å². The Morgan fingerprint density at radius 1 is 1.30 bits per heavy atom. The van der Waals surface area contributed by atoms with Gasteiger partial charge in [-0.25, -0.2) is 0 Å². The van der Waals surface area contributed by atoms with Crippen LogP contribution in [0.3, 0.4) is 0 Å². The van der Waals surface area contributed by atoms with Crippen molar-refractivity contribution in [2.75, 3.05) is 6.61 Å². The van der Waals surface area contributed by atoms with Gasteiger partial charge < -0.3 is 10.1 Å². The number of aryl methyl sites for hydroxylation is 1. The van der Waals surface area contributed by atoms with E-state index in [1.165, 1.54) is 6.20 Å². The summed E-state index contributed by atoms with van der Waals surface area (Å²) in [7, 11) is 0. The molecule has 2 aromatic carbocycles. The molecule has 7 heteroatoms. The topological polar surface area (TPSA) is 73.2 Å². The third-order valence-electron chi connectivity index (χ3n) is 4.66. The van der Waals surface area contributed by atoms with Crippen molar-refractivity contribution in [3.8, 4) is 5.75 Å². The van der Waals surface area contributed by atoms with E-state index in [0.717, 1.165) is 27.7 Å². The summed E-state index contributed by atoms with van der Waals surface area (Å²) >= 11 is 3.47. The van der Waals surface area contributed by atoms with Crippen LogP contribution in [-0.4, -0.2) is 22.3 Å². The summed E-state index contributed by atoms with van der Waals surface area (Å²) < 4.78 is 8.32. The van der Waals surface area contributed by atoms with Crippen molar-refractivity contribution in [2.24, 2.45) is 0 Å². The number of carbonyl (C=O) groups is 1. The molecule has 1 atom stereocenters. The average Bonchev–Trinajstić information content (AvgIpc) is 2.68. The number of hydrogen-bond acceptors (Lipinski definition) is 4. The van der Waals surface area contributed by atoms with Crippen molar-refractivity contribution in [3.05, 3.63) is 68.9 Å². The molecule has 6 nitrogen and oxygen atoms in total. The lowest BCUT2D eigenvalue weighted by Gasteiger charge is -2.27. The predicted molar refractivity (Wildman–Crippen MR) is 106 cm³/mol. The van der Waals surface area contributed by atoms with Crippen molar-refractivity contribution >= 4 is 32.7 Å². The predicted octanol–water partition coefficient (Wildman–Crippen LogP) is 3.19. The van der Waals surface area contributed by atoms with E-state index >= 15 is 0 Å². The number of rotatable bonds is 4. The second kappa shape index (κ2) is 7.52. The molecule has 0 radical (unpaired) electrons. The van der Waals surface area contributed by atoms with Gasteiger partial charge >= 0.3 is 0 Å². The van der Waals surface area contributed by atoms with Gasteiger partial charge in [-0.05, 0) is 30.3 Å². The number of nitrogens with zero attached hydrogens (tertiary/aromatic N) is 2. The fourth-order valence-corrected chi connectivity index (χ4v) is 3.71. The number of fused-ring (bicyclic) bond motifs is 2. The second-order valence-electron chi connectivity index (χ2n) is 6.44. The molecule has 0 aliphatic carbocycles. The molecule has 1 unspecified atom stereocenters. The lowest BCUT2D eigenvalue weighted by atomic mass is 10.0. The van der Waals surface area contributed by atoms with Gasteiger partial charge in [0, 0.05) is 28.3 Å². The minimum atomic E-state index is -0.115. The van der Waals surface area contributed by atoms with Gasteiger partial charge in [-0.2, -0.15) is 5.10 Å². The number of aromatic nitrogens is 2. The van der Waals surface area contributed by atoms with Crippen LogP contribution in [0.1, 0.15) is 24.4 Å². The van der Waals surface area contributed by atoms with Crippen molar-refractivity contribution in [3.63, 3.8) is 0 Å². The number of para-hydroxylation sites is 1. The first-order chi connectivity index (χ1) is 13.1. The van der Waals surface area contributed by atoms with Gasteiger partial charge in [0.15, 0.2) is 0 Å². The van der Waals surface area contributed by atoms with Crippen LogP contribution in [0.2, 0.25) is 0 Å². The van der Waals surface area contributed by atoms with Crippen LogP contribution in [-0.2, 0) is 11.3 Å². The molecule has 1 aliphatic rings. The number of halogens is 1. The molecule has 0 spiro atoms. The first kappa shape index (κ1) is 17.7. The number of benzene rings is 2. The maximum atomic E-state index is 12.5.